The number of rotatable bonds is 5. The molecule has 4 rings (SSSR count). The summed E-state index contributed by atoms with van der Waals surface area (Å²) in [6, 6.07) is 3.91. The number of hydrogen-bond donors (Lipinski definition) is 0. The number of carbonyl (C=O) groups excluding carboxylic acids is 1. The highest BCUT2D eigenvalue weighted by atomic mass is 127. The van der Waals surface area contributed by atoms with Gasteiger partial charge in [0.15, 0.2) is 17.3 Å². The van der Waals surface area contributed by atoms with Gasteiger partial charge in [0.25, 0.3) is 0 Å². The Labute approximate surface area is 197 Å². The van der Waals surface area contributed by atoms with Gasteiger partial charge in [-0.3, -0.25) is 0 Å². The Hall–Kier alpha value is -1.52. The summed E-state index contributed by atoms with van der Waals surface area (Å²) in [5, 5.41) is 0. The molecule has 1 aromatic rings. The summed E-state index contributed by atoms with van der Waals surface area (Å²) in [5.41, 5.74) is 1.80. The lowest BCUT2D eigenvalue weighted by Crippen LogP contribution is -2.37. The van der Waals surface area contributed by atoms with Gasteiger partial charge in [0.05, 0.1) is 19.8 Å². The molecule has 0 aromatic heterocycles. The van der Waals surface area contributed by atoms with Gasteiger partial charge in [-0.2, -0.15) is 0 Å². The van der Waals surface area contributed by atoms with E-state index >= 15 is 0 Å². The lowest BCUT2D eigenvalue weighted by Gasteiger charge is -2.32. The third-order valence-electron chi connectivity index (χ3n) is 5.60. The van der Waals surface area contributed by atoms with Gasteiger partial charge >= 0.3 is 6.09 Å². The van der Waals surface area contributed by atoms with Crippen molar-refractivity contribution < 1.29 is 28.5 Å². The molecule has 2 aliphatic heterocycles. The van der Waals surface area contributed by atoms with Crippen molar-refractivity contribution in [1.82, 2.24) is 4.90 Å². The second-order valence-corrected chi connectivity index (χ2v) is 10.3. The molecule has 7 nitrogen and oxygen atoms in total. The molecule has 0 atom stereocenters. The largest absolute Gasteiger partial charge is 0.454 e. The van der Waals surface area contributed by atoms with Crippen LogP contribution < -0.4 is 9.47 Å². The van der Waals surface area contributed by atoms with Crippen LogP contribution in [0.15, 0.2) is 23.8 Å². The van der Waals surface area contributed by atoms with E-state index in [-0.39, 0.29) is 12.9 Å². The first-order valence-corrected chi connectivity index (χ1v) is 11.8. The zero-order chi connectivity index (χ0) is 22.1. The van der Waals surface area contributed by atoms with Crippen LogP contribution in [0.3, 0.4) is 0 Å². The molecule has 1 saturated heterocycles. The average molecular weight is 543 g/mol. The van der Waals surface area contributed by atoms with Crippen molar-refractivity contribution in [3.05, 3.63) is 32.9 Å². The molecule has 31 heavy (non-hydrogen) atoms. The maximum atomic E-state index is 13.0. The standard InChI is InChI=1S/C23H30INO6/c1-22(2,3)31-21(26)25(14-17-12-19-20(13-18(17)24)28-15-27-19)9-6-16-4-7-23(8-5-16)29-10-11-30-23/h4,12-13H,5-11,14-15H2,1-3H3. The van der Waals surface area contributed by atoms with Gasteiger partial charge in [0, 0.05) is 23.0 Å². The van der Waals surface area contributed by atoms with Gasteiger partial charge in [-0.05, 0) is 73.9 Å². The van der Waals surface area contributed by atoms with Gasteiger partial charge in [-0.25, -0.2) is 4.79 Å². The summed E-state index contributed by atoms with van der Waals surface area (Å²) in [6.07, 6.45) is 5.27. The van der Waals surface area contributed by atoms with Crippen LogP contribution in [0.2, 0.25) is 0 Å². The van der Waals surface area contributed by atoms with Crippen LogP contribution in [0.4, 0.5) is 4.79 Å². The lowest BCUT2D eigenvalue weighted by atomic mass is 9.92. The Balaban J connectivity index is 1.45. The summed E-state index contributed by atoms with van der Waals surface area (Å²) in [4.78, 5) is 14.7. The van der Waals surface area contributed by atoms with Crippen LogP contribution in [0, 0.1) is 3.57 Å². The van der Waals surface area contributed by atoms with Gasteiger partial charge in [0.1, 0.15) is 5.60 Å². The van der Waals surface area contributed by atoms with E-state index in [0.717, 1.165) is 46.3 Å². The molecule has 1 spiro atoms. The first kappa shape index (κ1) is 22.7. The van der Waals surface area contributed by atoms with E-state index in [1.807, 2.05) is 32.9 Å². The van der Waals surface area contributed by atoms with Crippen LogP contribution in [0.5, 0.6) is 11.5 Å². The quantitative estimate of drug-likeness (QED) is 0.385. The molecule has 0 unspecified atom stereocenters. The molecule has 8 heteroatoms. The number of fused-ring (bicyclic) bond motifs is 1. The molecular formula is C23H30INO6. The van der Waals surface area contributed by atoms with Crippen LogP contribution in [-0.4, -0.2) is 48.9 Å². The predicted octanol–water partition coefficient (Wildman–Crippen LogP) is 5.00. The molecule has 170 valence electrons. The van der Waals surface area contributed by atoms with E-state index < -0.39 is 11.4 Å². The molecule has 1 amide bonds. The summed E-state index contributed by atoms with van der Waals surface area (Å²) < 4.78 is 29.3. The number of amides is 1. The highest BCUT2D eigenvalue weighted by molar-refractivity contribution is 14.1. The summed E-state index contributed by atoms with van der Waals surface area (Å²) in [6.45, 7) is 8.27. The van der Waals surface area contributed by atoms with E-state index in [1.54, 1.807) is 4.90 Å². The molecule has 1 aliphatic carbocycles. The third-order valence-corrected chi connectivity index (χ3v) is 6.60. The molecule has 0 saturated carbocycles. The van der Waals surface area contributed by atoms with Crippen LogP contribution in [0.1, 0.15) is 52.0 Å². The van der Waals surface area contributed by atoms with Gasteiger partial charge in [-0.15, -0.1) is 0 Å². The zero-order valence-corrected chi connectivity index (χ0v) is 20.5. The minimum Gasteiger partial charge on any atom is -0.454 e. The third kappa shape index (κ3) is 5.64. The van der Waals surface area contributed by atoms with E-state index in [9.17, 15) is 4.79 Å². The number of benzene rings is 1. The lowest BCUT2D eigenvalue weighted by molar-refractivity contribution is -0.161. The Morgan fingerprint density at radius 2 is 1.90 bits per heavy atom. The van der Waals surface area contributed by atoms with Crippen molar-refractivity contribution in [1.29, 1.82) is 0 Å². The number of carbonyl (C=O) groups is 1. The number of ether oxygens (including phenoxy) is 5. The smallest absolute Gasteiger partial charge is 0.410 e. The minimum atomic E-state index is -0.551. The predicted molar refractivity (Wildman–Crippen MR) is 123 cm³/mol. The van der Waals surface area contributed by atoms with Crippen molar-refractivity contribution >= 4 is 28.7 Å². The zero-order valence-electron chi connectivity index (χ0n) is 18.4. The van der Waals surface area contributed by atoms with Crippen molar-refractivity contribution in [2.75, 3.05) is 26.6 Å². The van der Waals surface area contributed by atoms with Crippen molar-refractivity contribution in [2.45, 2.75) is 64.4 Å². The number of hydrogen-bond acceptors (Lipinski definition) is 6. The van der Waals surface area contributed by atoms with Crippen LogP contribution in [0.25, 0.3) is 0 Å². The fourth-order valence-corrected chi connectivity index (χ4v) is 4.58. The number of nitrogens with zero attached hydrogens (tertiary/aromatic N) is 1. The first-order valence-electron chi connectivity index (χ1n) is 10.7. The van der Waals surface area contributed by atoms with E-state index in [2.05, 4.69) is 28.7 Å². The monoisotopic (exact) mass is 543 g/mol. The molecular weight excluding hydrogens is 513 g/mol. The van der Waals surface area contributed by atoms with Crippen molar-refractivity contribution in [2.24, 2.45) is 0 Å². The maximum absolute atomic E-state index is 13.0. The highest BCUT2D eigenvalue weighted by Crippen LogP contribution is 2.37. The average Bonchev–Trinajstić information content (AvgIpc) is 3.34. The molecule has 1 fully saturated rings. The van der Waals surface area contributed by atoms with E-state index in [1.165, 1.54) is 5.57 Å². The van der Waals surface area contributed by atoms with Crippen molar-refractivity contribution in [3.8, 4) is 11.5 Å². The molecule has 3 aliphatic rings. The summed E-state index contributed by atoms with van der Waals surface area (Å²) in [5.74, 6) is 1.04. The SMILES string of the molecule is CC(C)(C)OC(=O)N(CCC1=CCC2(CC1)OCCO2)Cc1cc2c(cc1I)OCO2. The molecule has 1 aromatic carbocycles. The Kier molecular flexibility index (Phi) is 6.69. The molecule has 0 bridgehead atoms. The maximum Gasteiger partial charge on any atom is 0.410 e. The molecule has 2 heterocycles. The van der Waals surface area contributed by atoms with Crippen molar-refractivity contribution in [3.63, 3.8) is 0 Å². The normalized spacial score (nSPS) is 19.4. The minimum absolute atomic E-state index is 0.230. The summed E-state index contributed by atoms with van der Waals surface area (Å²) in [7, 11) is 0. The fraction of sp³-hybridized carbons (Fsp3) is 0.609. The number of halogens is 1. The second-order valence-electron chi connectivity index (χ2n) is 9.12. The highest BCUT2D eigenvalue weighted by Gasteiger charge is 2.37. The Morgan fingerprint density at radius 3 is 2.55 bits per heavy atom. The Bertz CT molecular complexity index is 856. The van der Waals surface area contributed by atoms with Crippen LogP contribution >= 0.6 is 22.6 Å². The van der Waals surface area contributed by atoms with Gasteiger partial charge in [0.2, 0.25) is 6.79 Å². The molecule has 0 N–H and O–H groups in total. The van der Waals surface area contributed by atoms with E-state index in [4.69, 9.17) is 23.7 Å². The fourth-order valence-electron chi connectivity index (χ4n) is 3.97. The summed E-state index contributed by atoms with van der Waals surface area (Å²) >= 11 is 2.27. The topological polar surface area (TPSA) is 66.5 Å². The molecule has 0 radical (unpaired) electrons. The van der Waals surface area contributed by atoms with Gasteiger partial charge in [-0.1, -0.05) is 11.6 Å². The first-order chi connectivity index (χ1) is 14.7. The Morgan fingerprint density at radius 1 is 1.19 bits per heavy atom. The van der Waals surface area contributed by atoms with E-state index in [0.29, 0.717) is 26.3 Å². The van der Waals surface area contributed by atoms with Gasteiger partial charge < -0.3 is 28.6 Å². The van der Waals surface area contributed by atoms with Crippen LogP contribution in [-0.2, 0) is 20.8 Å². The second kappa shape index (κ2) is 9.15.